The summed E-state index contributed by atoms with van der Waals surface area (Å²) in [4.78, 5) is 18.0. The molecule has 3 atom stereocenters. The Morgan fingerprint density at radius 3 is 2.66 bits per heavy atom. The van der Waals surface area contributed by atoms with E-state index < -0.39 is 6.03 Å². The first-order valence-electron chi connectivity index (χ1n) is 10.3. The van der Waals surface area contributed by atoms with Gasteiger partial charge < -0.3 is 20.5 Å². The molecule has 0 aliphatic carbocycles. The maximum Gasteiger partial charge on any atom is 0.312 e. The molecule has 2 aromatic rings. The smallest absolute Gasteiger partial charge is 0.312 e. The number of nitrogens with one attached hydrogen (secondary N) is 1. The number of benzene rings is 1. The first-order chi connectivity index (χ1) is 14.2. The second-order valence-electron chi connectivity index (χ2n) is 8.20. The summed E-state index contributed by atoms with van der Waals surface area (Å²) < 4.78 is 11.8. The van der Waals surface area contributed by atoms with Gasteiger partial charge in [0, 0.05) is 30.9 Å². The molecule has 0 radical (unpaired) electrons. The van der Waals surface area contributed by atoms with Crippen molar-refractivity contribution in [3.05, 3.63) is 53.7 Å². The second-order valence-corrected chi connectivity index (χ2v) is 8.20. The number of nitrogens with two attached hydrogens (primary N) is 1. The van der Waals surface area contributed by atoms with E-state index in [2.05, 4.69) is 39.5 Å². The molecule has 7 heteroatoms. The third-order valence-electron chi connectivity index (χ3n) is 6.33. The number of primary amides is 1. The van der Waals surface area contributed by atoms with Crippen molar-refractivity contribution >= 4 is 6.03 Å². The summed E-state index contributed by atoms with van der Waals surface area (Å²) in [6.07, 6.45) is 5.93. The highest BCUT2D eigenvalue weighted by Crippen LogP contribution is 2.37. The summed E-state index contributed by atoms with van der Waals surface area (Å²) in [5.74, 6) is 1.25. The maximum atomic E-state index is 11.2. The molecule has 2 unspecified atom stereocenters. The van der Waals surface area contributed by atoms with E-state index in [1.165, 1.54) is 18.4 Å². The Labute approximate surface area is 170 Å². The van der Waals surface area contributed by atoms with E-state index in [-0.39, 0.29) is 12.1 Å². The molecule has 0 saturated carbocycles. The number of hydrogen-bond acceptors (Lipinski definition) is 5. The van der Waals surface area contributed by atoms with Crippen LogP contribution in [0.4, 0.5) is 4.79 Å². The van der Waals surface area contributed by atoms with E-state index in [4.69, 9.17) is 15.2 Å². The molecule has 152 valence electrons. The number of hydrogen-bond donors (Lipinski definition) is 2. The van der Waals surface area contributed by atoms with Crippen molar-refractivity contribution in [2.75, 3.05) is 6.61 Å². The number of aromatic nitrogens is 1. The van der Waals surface area contributed by atoms with Crippen molar-refractivity contribution in [2.45, 2.75) is 56.5 Å². The van der Waals surface area contributed by atoms with E-state index >= 15 is 0 Å². The zero-order chi connectivity index (χ0) is 19.8. The van der Waals surface area contributed by atoms with Gasteiger partial charge in [0.1, 0.15) is 6.61 Å². The fourth-order valence-corrected chi connectivity index (χ4v) is 4.97. The van der Waals surface area contributed by atoms with Gasteiger partial charge in [0.25, 0.3) is 5.88 Å². The van der Waals surface area contributed by atoms with Gasteiger partial charge in [-0.05, 0) is 48.9 Å². The minimum atomic E-state index is -0.412. The minimum absolute atomic E-state index is 0.141. The minimum Gasteiger partial charge on any atom is -0.484 e. The summed E-state index contributed by atoms with van der Waals surface area (Å²) in [6, 6.07) is 13.2. The van der Waals surface area contributed by atoms with Crippen molar-refractivity contribution in [1.29, 1.82) is 0 Å². The third-order valence-corrected chi connectivity index (χ3v) is 6.33. The van der Waals surface area contributed by atoms with Crippen LogP contribution in [0.25, 0.3) is 0 Å². The molecule has 1 aromatic carbocycles. The standard InChI is InChI=1S/C22H26N4O3/c23-22(27)25-16-10-17-7-8-18(11-16)26(17)12-14-3-5-15(6-4-14)20-13-28-19-2-1-9-24-21(19)29-20/h1-6,9,16-18,20H,7-8,10-13H2,(H3,23,25,27)/t16?,17?,18?,20-/m1/s1. The van der Waals surface area contributed by atoms with Gasteiger partial charge in [0.2, 0.25) is 0 Å². The lowest BCUT2D eigenvalue weighted by molar-refractivity contribution is 0.0850. The fraction of sp³-hybridized carbons (Fsp3) is 0.455. The Bertz CT molecular complexity index is 874. The van der Waals surface area contributed by atoms with Crippen LogP contribution in [0.1, 0.15) is 42.9 Å². The average molecular weight is 394 g/mol. The topological polar surface area (TPSA) is 89.7 Å². The molecule has 2 bridgehead atoms. The Kier molecular flexibility index (Phi) is 4.75. The van der Waals surface area contributed by atoms with Crippen LogP contribution in [0.5, 0.6) is 11.6 Å². The zero-order valence-electron chi connectivity index (χ0n) is 16.3. The summed E-state index contributed by atoms with van der Waals surface area (Å²) >= 11 is 0. The van der Waals surface area contributed by atoms with Crippen LogP contribution in [0.3, 0.4) is 0 Å². The maximum absolute atomic E-state index is 11.2. The van der Waals surface area contributed by atoms with Gasteiger partial charge in [-0.3, -0.25) is 4.90 Å². The van der Waals surface area contributed by atoms with Crippen LogP contribution in [0, 0.1) is 0 Å². The predicted molar refractivity (Wildman–Crippen MR) is 108 cm³/mol. The SMILES string of the molecule is NC(=O)NC1CC2CCC(C1)N2Cc1ccc([C@H]2COc3cccnc3O2)cc1. The van der Waals surface area contributed by atoms with Gasteiger partial charge in [-0.15, -0.1) is 0 Å². The number of amides is 2. The fourth-order valence-electron chi connectivity index (χ4n) is 4.97. The first kappa shape index (κ1) is 18.2. The quantitative estimate of drug-likeness (QED) is 0.832. The van der Waals surface area contributed by atoms with Gasteiger partial charge in [0.05, 0.1) is 0 Å². The van der Waals surface area contributed by atoms with Crippen LogP contribution in [0.15, 0.2) is 42.6 Å². The molecule has 0 spiro atoms. The highest BCUT2D eigenvalue weighted by molar-refractivity contribution is 5.72. The van der Waals surface area contributed by atoms with E-state index in [9.17, 15) is 4.79 Å². The monoisotopic (exact) mass is 394 g/mol. The lowest BCUT2D eigenvalue weighted by Crippen LogP contribution is -2.51. The average Bonchev–Trinajstić information content (AvgIpc) is 2.95. The van der Waals surface area contributed by atoms with Crippen molar-refractivity contribution in [3.8, 4) is 11.6 Å². The third kappa shape index (κ3) is 3.74. The van der Waals surface area contributed by atoms with Gasteiger partial charge >= 0.3 is 6.03 Å². The van der Waals surface area contributed by atoms with E-state index in [1.54, 1.807) is 6.20 Å². The molecule has 3 aliphatic heterocycles. The Morgan fingerprint density at radius 2 is 1.93 bits per heavy atom. The Hall–Kier alpha value is -2.80. The zero-order valence-corrected chi connectivity index (χ0v) is 16.3. The molecule has 2 saturated heterocycles. The molecule has 29 heavy (non-hydrogen) atoms. The number of pyridine rings is 1. The second kappa shape index (κ2) is 7.55. The van der Waals surface area contributed by atoms with Gasteiger partial charge in [-0.25, -0.2) is 9.78 Å². The number of carbonyl (C=O) groups is 1. The van der Waals surface area contributed by atoms with Crippen LogP contribution < -0.4 is 20.5 Å². The highest BCUT2D eigenvalue weighted by Gasteiger charge is 2.40. The molecular weight excluding hydrogens is 368 g/mol. The Balaban J connectivity index is 1.22. The van der Waals surface area contributed by atoms with Gasteiger partial charge in [-0.1, -0.05) is 24.3 Å². The van der Waals surface area contributed by atoms with Crippen molar-refractivity contribution < 1.29 is 14.3 Å². The normalized spacial score (nSPS) is 28.1. The highest BCUT2D eigenvalue weighted by atomic mass is 16.6. The number of fused-ring (bicyclic) bond motifs is 3. The van der Waals surface area contributed by atoms with Crippen LogP contribution in [-0.4, -0.2) is 40.6 Å². The molecule has 2 fully saturated rings. The molecule has 3 N–H and O–H groups in total. The lowest BCUT2D eigenvalue weighted by Gasteiger charge is -2.39. The van der Waals surface area contributed by atoms with E-state index in [0.29, 0.717) is 30.3 Å². The van der Waals surface area contributed by atoms with Crippen LogP contribution in [0.2, 0.25) is 0 Å². The summed E-state index contributed by atoms with van der Waals surface area (Å²) in [7, 11) is 0. The molecule has 3 aliphatic rings. The summed E-state index contributed by atoms with van der Waals surface area (Å²) in [5.41, 5.74) is 7.70. The van der Waals surface area contributed by atoms with Crippen molar-refractivity contribution in [3.63, 3.8) is 0 Å². The predicted octanol–water partition coefficient (Wildman–Crippen LogP) is 2.76. The van der Waals surface area contributed by atoms with E-state index in [1.807, 2.05) is 12.1 Å². The van der Waals surface area contributed by atoms with Crippen molar-refractivity contribution in [1.82, 2.24) is 15.2 Å². The summed E-state index contributed by atoms with van der Waals surface area (Å²) in [6.45, 7) is 1.42. The molecule has 5 rings (SSSR count). The number of piperidine rings is 1. The number of nitrogens with zero attached hydrogens (tertiary/aromatic N) is 2. The number of carbonyl (C=O) groups excluding carboxylic acids is 1. The van der Waals surface area contributed by atoms with E-state index in [0.717, 1.165) is 24.9 Å². The van der Waals surface area contributed by atoms with Crippen LogP contribution >= 0.6 is 0 Å². The van der Waals surface area contributed by atoms with Gasteiger partial charge in [0.15, 0.2) is 11.9 Å². The molecule has 7 nitrogen and oxygen atoms in total. The lowest BCUT2D eigenvalue weighted by atomic mass is 9.96. The Morgan fingerprint density at radius 1 is 1.17 bits per heavy atom. The molecule has 4 heterocycles. The summed E-state index contributed by atoms with van der Waals surface area (Å²) in [5, 5.41) is 2.90. The van der Waals surface area contributed by atoms with Crippen LogP contribution in [-0.2, 0) is 6.54 Å². The van der Waals surface area contributed by atoms with Gasteiger partial charge in [-0.2, -0.15) is 0 Å². The van der Waals surface area contributed by atoms with Crippen molar-refractivity contribution in [2.24, 2.45) is 5.73 Å². The number of ether oxygens (including phenoxy) is 2. The number of rotatable bonds is 4. The molecule has 1 aromatic heterocycles. The molecular formula is C22H26N4O3. The number of urea groups is 1. The first-order valence-corrected chi connectivity index (χ1v) is 10.3. The molecule has 2 amide bonds. The largest absolute Gasteiger partial charge is 0.484 e.